The zero-order chi connectivity index (χ0) is 23.2. The molecule has 4 rings (SSSR count). The lowest BCUT2D eigenvalue weighted by molar-refractivity contribution is 0.394. The lowest BCUT2D eigenvalue weighted by Gasteiger charge is -2.25. The molecule has 2 heterocycles. The highest BCUT2D eigenvalue weighted by Crippen LogP contribution is 2.35. The number of hydrogen-bond acceptors (Lipinski definition) is 7. The van der Waals surface area contributed by atoms with Crippen molar-refractivity contribution >= 4 is 34.1 Å². The maximum absolute atomic E-state index is 7.71. The lowest BCUT2D eigenvalue weighted by atomic mass is 10.1. The van der Waals surface area contributed by atoms with Crippen molar-refractivity contribution in [1.82, 2.24) is 20.3 Å². The van der Waals surface area contributed by atoms with E-state index in [1.807, 2.05) is 49.6 Å². The topological polar surface area (TPSA) is 99.2 Å². The largest absolute Gasteiger partial charge is 0.497 e. The number of aromatic amines is 1. The summed E-state index contributed by atoms with van der Waals surface area (Å²) in [5.74, 6) is 2.23. The number of allylic oxidation sites excluding steroid dienone is 1. The molecule has 0 saturated heterocycles. The third-order valence-corrected chi connectivity index (χ3v) is 5.28. The molecule has 8 heteroatoms. The molecule has 0 radical (unpaired) electrons. The standard InChI is InChI=1S/C25H26N6O2/c1-27-14-19(13-26)18-8-17-9-20(4-5-24(17)30-15-18)31(16-25-28-6-7-29-25)21-10-22(32-2)12-23(11-21)33-3/h4-15,26-27H,16H2,1-3H3,(H,28,29)/b19-14+,26-13?. The fourth-order valence-electron chi connectivity index (χ4n) is 3.62. The molecule has 0 saturated carbocycles. The Bertz CT molecular complexity index is 1260. The Labute approximate surface area is 192 Å². The number of pyridine rings is 1. The fraction of sp³-hybridized carbons (Fsp3) is 0.160. The number of ether oxygens (including phenoxy) is 2. The van der Waals surface area contributed by atoms with Gasteiger partial charge < -0.3 is 30.1 Å². The smallest absolute Gasteiger partial charge is 0.126 e. The lowest BCUT2D eigenvalue weighted by Crippen LogP contribution is -2.17. The number of aromatic nitrogens is 3. The van der Waals surface area contributed by atoms with Gasteiger partial charge in [-0.3, -0.25) is 4.98 Å². The Balaban J connectivity index is 1.83. The average Bonchev–Trinajstić information content (AvgIpc) is 3.38. The summed E-state index contributed by atoms with van der Waals surface area (Å²) in [6.45, 7) is 0.521. The predicted molar refractivity (Wildman–Crippen MR) is 132 cm³/mol. The molecular formula is C25H26N6O2. The van der Waals surface area contributed by atoms with Crippen LogP contribution in [0.15, 0.2) is 67.3 Å². The number of rotatable bonds is 9. The van der Waals surface area contributed by atoms with Crippen LogP contribution in [0, 0.1) is 5.41 Å². The molecule has 0 unspecified atom stereocenters. The van der Waals surface area contributed by atoms with Gasteiger partial charge in [0.15, 0.2) is 0 Å². The molecule has 168 valence electrons. The van der Waals surface area contributed by atoms with Crippen molar-refractivity contribution in [3.05, 3.63) is 78.6 Å². The van der Waals surface area contributed by atoms with E-state index in [1.54, 1.807) is 32.8 Å². The number of nitrogens with zero attached hydrogens (tertiary/aromatic N) is 3. The molecule has 0 aliphatic carbocycles. The normalized spacial score (nSPS) is 11.3. The van der Waals surface area contributed by atoms with Crippen molar-refractivity contribution < 1.29 is 9.47 Å². The maximum Gasteiger partial charge on any atom is 0.126 e. The second kappa shape index (κ2) is 9.86. The minimum atomic E-state index is 0.521. The Morgan fingerprint density at radius 1 is 1.06 bits per heavy atom. The van der Waals surface area contributed by atoms with Crippen LogP contribution >= 0.6 is 0 Å². The number of methoxy groups -OCH3 is 2. The minimum absolute atomic E-state index is 0.521. The maximum atomic E-state index is 7.71. The van der Waals surface area contributed by atoms with Crippen LogP contribution in [0.3, 0.4) is 0 Å². The van der Waals surface area contributed by atoms with E-state index in [0.29, 0.717) is 18.0 Å². The monoisotopic (exact) mass is 442 g/mol. The van der Waals surface area contributed by atoms with E-state index in [2.05, 4.69) is 31.2 Å². The summed E-state index contributed by atoms with van der Waals surface area (Å²) in [6.07, 6.45) is 8.43. The third-order valence-electron chi connectivity index (χ3n) is 5.28. The van der Waals surface area contributed by atoms with Crippen LogP contribution in [0.5, 0.6) is 11.5 Å². The van der Waals surface area contributed by atoms with Gasteiger partial charge in [0.25, 0.3) is 0 Å². The Morgan fingerprint density at radius 3 is 2.48 bits per heavy atom. The van der Waals surface area contributed by atoms with Gasteiger partial charge in [0.1, 0.15) is 17.3 Å². The van der Waals surface area contributed by atoms with Crippen LogP contribution in [0.25, 0.3) is 16.5 Å². The summed E-state index contributed by atoms with van der Waals surface area (Å²) >= 11 is 0. The van der Waals surface area contributed by atoms with Gasteiger partial charge in [-0.05, 0) is 24.3 Å². The van der Waals surface area contributed by atoms with E-state index >= 15 is 0 Å². The number of anilines is 2. The van der Waals surface area contributed by atoms with Gasteiger partial charge in [-0.15, -0.1) is 0 Å². The van der Waals surface area contributed by atoms with Gasteiger partial charge >= 0.3 is 0 Å². The first-order valence-electron chi connectivity index (χ1n) is 10.4. The molecule has 4 aromatic rings. The zero-order valence-corrected chi connectivity index (χ0v) is 18.8. The molecule has 0 atom stereocenters. The molecule has 0 fully saturated rings. The molecule has 3 N–H and O–H groups in total. The number of fused-ring (bicyclic) bond motifs is 1. The first-order chi connectivity index (χ1) is 16.1. The average molecular weight is 443 g/mol. The second-order valence-corrected chi connectivity index (χ2v) is 7.33. The van der Waals surface area contributed by atoms with Crippen molar-refractivity contribution in [2.24, 2.45) is 0 Å². The highest BCUT2D eigenvalue weighted by atomic mass is 16.5. The molecule has 0 bridgehead atoms. The molecular weight excluding hydrogens is 416 g/mol. The first kappa shape index (κ1) is 21.9. The number of H-pyrrole nitrogens is 1. The first-order valence-corrected chi connectivity index (χ1v) is 10.4. The van der Waals surface area contributed by atoms with Crippen molar-refractivity contribution in [3.8, 4) is 11.5 Å². The van der Waals surface area contributed by atoms with Crippen molar-refractivity contribution in [2.45, 2.75) is 6.54 Å². The molecule has 33 heavy (non-hydrogen) atoms. The van der Waals surface area contributed by atoms with Crippen molar-refractivity contribution in [2.75, 3.05) is 26.2 Å². The summed E-state index contributed by atoms with van der Waals surface area (Å²) in [4.78, 5) is 14.3. The van der Waals surface area contributed by atoms with Crippen LogP contribution in [0.2, 0.25) is 0 Å². The number of benzene rings is 2. The molecule has 0 aliphatic rings. The van der Waals surface area contributed by atoms with Crippen LogP contribution < -0.4 is 19.7 Å². The molecule has 0 spiro atoms. The Morgan fingerprint density at radius 2 is 1.85 bits per heavy atom. The van der Waals surface area contributed by atoms with E-state index in [4.69, 9.17) is 14.9 Å². The Hall–Kier alpha value is -4.33. The second-order valence-electron chi connectivity index (χ2n) is 7.33. The highest BCUT2D eigenvalue weighted by molar-refractivity contribution is 6.09. The van der Waals surface area contributed by atoms with E-state index in [-0.39, 0.29) is 0 Å². The van der Waals surface area contributed by atoms with E-state index in [1.165, 1.54) is 6.21 Å². The number of hydrogen-bond donors (Lipinski definition) is 3. The third kappa shape index (κ3) is 4.79. The van der Waals surface area contributed by atoms with Crippen LogP contribution in [-0.4, -0.2) is 42.4 Å². The van der Waals surface area contributed by atoms with Gasteiger partial charge in [-0.25, -0.2) is 4.98 Å². The summed E-state index contributed by atoms with van der Waals surface area (Å²) in [5, 5.41) is 11.7. The van der Waals surface area contributed by atoms with Crippen LogP contribution in [0.1, 0.15) is 11.4 Å². The molecule has 0 amide bonds. The van der Waals surface area contributed by atoms with Crippen molar-refractivity contribution in [3.63, 3.8) is 0 Å². The van der Waals surface area contributed by atoms with Gasteiger partial charge in [-0.2, -0.15) is 0 Å². The summed E-state index contributed by atoms with van der Waals surface area (Å²) < 4.78 is 11.0. The molecule has 2 aromatic carbocycles. The fourth-order valence-corrected chi connectivity index (χ4v) is 3.62. The van der Waals surface area contributed by atoms with E-state index in [0.717, 1.165) is 39.2 Å². The van der Waals surface area contributed by atoms with Crippen molar-refractivity contribution in [1.29, 1.82) is 5.41 Å². The Kier molecular flexibility index (Phi) is 6.54. The van der Waals surface area contributed by atoms with E-state index in [9.17, 15) is 0 Å². The molecule has 0 aliphatic heterocycles. The van der Waals surface area contributed by atoms with Gasteiger partial charge in [0, 0.05) is 84.1 Å². The van der Waals surface area contributed by atoms with Crippen LogP contribution in [0.4, 0.5) is 11.4 Å². The quantitative estimate of drug-likeness (QED) is 0.330. The van der Waals surface area contributed by atoms with Crippen LogP contribution in [-0.2, 0) is 6.54 Å². The van der Waals surface area contributed by atoms with Gasteiger partial charge in [0.05, 0.1) is 26.3 Å². The summed E-state index contributed by atoms with van der Waals surface area (Å²) in [6, 6.07) is 13.9. The molecule has 2 aromatic heterocycles. The SMILES string of the molecule is CN/C=C(\C=N)c1cnc2ccc(N(Cc3ncc[nH]3)c3cc(OC)cc(OC)c3)cc2c1. The summed E-state index contributed by atoms with van der Waals surface area (Å²) in [7, 11) is 5.08. The predicted octanol–water partition coefficient (Wildman–Crippen LogP) is 4.52. The minimum Gasteiger partial charge on any atom is -0.497 e. The van der Waals surface area contributed by atoms with E-state index < -0.39 is 0 Å². The highest BCUT2D eigenvalue weighted by Gasteiger charge is 2.15. The number of imidazole rings is 1. The molecule has 8 nitrogen and oxygen atoms in total. The number of nitrogens with one attached hydrogen (secondary N) is 3. The summed E-state index contributed by atoms with van der Waals surface area (Å²) in [5.41, 5.74) is 4.35. The van der Waals surface area contributed by atoms with Gasteiger partial charge in [0.2, 0.25) is 0 Å². The zero-order valence-electron chi connectivity index (χ0n) is 18.8. The van der Waals surface area contributed by atoms with Gasteiger partial charge in [-0.1, -0.05) is 0 Å².